The molecule has 0 unspecified atom stereocenters. The van der Waals surface area contributed by atoms with E-state index in [1.807, 2.05) is 4.90 Å². The third kappa shape index (κ3) is 4.49. The molecule has 1 aliphatic rings. The zero-order chi connectivity index (χ0) is 15.4. The summed E-state index contributed by atoms with van der Waals surface area (Å²) in [6, 6.07) is 3.04. The predicted molar refractivity (Wildman–Crippen MR) is 83.6 cm³/mol. The van der Waals surface area contributed by atoms with Crippen molar-refractivity contribution in [3.05, 3.63) is 22.2 Å². The Kier molecular flexibility index (Phi) is 5.27. The van der Waals surface area contributed by atoms with Crippen LogP contribution in [-0.4, -0.2) is 42.9 Å². The molecule has 0 atom stereocenters. The Morgan fingerprint density at radius 3 is 2.86 bits per heavy atom. The van der Waals surface area contributed by atoms with Crippen molar-refractivity contribution >= 4 is 46.4 Å². The molecule has 21 heavy (non-hydrogen) atoms. The number of carbonyl (C=O) groups excluding carboxylic acids is 2. The molecule has 1 fully saturated rings. The number of nitrogen functional groups attached to an aromatic ring is 1. The second kappa shape index (κ2) is 6.98. The van der Waals surface area contributed by atoms with Gasteiger partial charge in [0.2, 0.25) is 11.8 Å². The number of rotatable bonds is 4. The van der Waals surface area contributed by atoms with Crippen LogP contribution in [-0.2, 0) is 9.59 Å². The van der Waals surface area contributed by atoms with Crippen molar-refractivity contribution in [3.63, 3.8) is 0 Å². The summed E-state index contributed by atoms with van der Waals surface area (Å²) in [5.41, 5.74) is 6.46. The van der Waals surface area contributed by atoms with Gasteiger partial charge in [-0.15, -0.1) is 0 Å². The van der Waals surface area contributed by atoms with Gasteiger partial charge in [0.1, 0.15) is 0 Å². The monoisotopic (exact) mass is 330 g/mol. The van der Waals surface area contributed by atoms with Gasteiger partial charge < -0.3 is 16.4 Å². The van der Waals surface area contributed by atoms with Crippen molar-refractivity contribution in [2.45, 2.75) is 6.42 Å². The first kappa shape index (κ1) is 15.9. The van der Waals surface area contributed by atoms with Gasteiger partial charge in [-0.1, -0.05) is 23.2 Å². The highest BCUT2D eigenvalue weighted by atomic mass is 35.5. The van der Waals surface area contributed by atoms with Crippen LogP contribution in [0, 0.1) is 0 Å². The number of carbonyl (C=O) groups is 2. The Morgan fingerprint density at radius 2 is 2.19 bits per heavy atom. The largest absolute Gasteiger partial charge is 0.397 e. The van der Waals surface area contributed by atoms with Crippen LogP contribution in [0.25, 0.3) is 0 Å². The molecule has 1 heterocycles. The molecule has 1 aromatic carbocycles. The first-order valence-electron chi connectivity index (χ1n) is 6.49. The zero-order valence-electron chi connectivity index (χ0n) is 11.3. The second-order valence-electron chi connectivity index (χ2n) is 4.78. The lowest BCUT2D eigenvalue weighted by Gasteiger charge is -2.26. The van der Waals surface area contributed by atoms with Crippen molar-refractivity contribution < 1.29 is 9.59 Å². The van der Waals surface area contributed by atoms with Crippen LogP contribution < -0.4 is 16.4 Å². The van der Waals surface area contributed by atoms with E-state index in [0.717, 1.165) is 6.54 Å². The van der Waals surface area contributed by atoms with Gasteiger partial charge in [0.05, 0.1) is 22.9 Å². The number of nitrogens with one attached hydrogen (secondary N) is 2. The molecule has 4 N–H and O–H groups in total. The van der Waals surface area contributed by atoms with Crippen molar-refractivity contribution in [1.29, 1.82) is 0 Å². The van der Waals surface area contributed by atoms with Gasteiger partial charge in [-0.2, -0.15) is 0 Å². The number of hydrogen-bond donors (Lipinski definition) is 3. The number of hydrogen-bond acceptors (Lipinski definition) is 4. The average Bonchev–Trinajstić information content (AvgIpc) is 2.40. The Labute approximate surface area is 132 Å². The van der Waals surface area contributed by atoms with Gasteiger partial charge in [0.15, 0.2) is 0 Å². The van der Waals surface area contributed by atoms with E-state index in [2.05, 4.69) is 10.6 Å². The fourth-order valence-electron chi connectivity index (χ4n) is 2.07. The van der Waals surface area contributed by atoms with E-state index in [9.17, 15) is 9.59 Å². The number of benzene rings is 1. The molecule has 1 aromatic rings. The molecule has 114 valence electrons. The van der Waals surface area contributed by atoms with Crippen LogP contribution in [0.15, 0.2) is 12.1 Å². The van der Waals surface area contributed by atoms with Crippen molar-refractivity contribution in [1.82, 2.24) is 10.2 Å². The van der Waals surface area contributed by atoms with Crippen LogP contribution >= 0.6 is 23.2 Å². The molecule has 0 bridgehead atoms. The van der Waals surface area contributed by atoms with Gasteiger partial charge in [-0.25, -0.2) is 0 Å². The first-order valence-corrected chi connectivity index (χ1v) is 7.24. The topological polar surface area (TPSA) is 87.5 Å². The lowest BCUT2D eigenvalue weighted by atomic mass is 10.2. The summed E-state index contributed by atoms with van der Waals surface area (Å²) < 4.78 is 0. The van der Waals surface area contributed by atoms with Crippen LogP contribution in [0.5, 0.6) is 0 Å². The predicted octanol–water partition coefficient (Wildman–Crippen LogP) is 1.34. The molecule has 8 heteroatoms. The number of anilines is 2. The lowest BCUT2D eigenvalue weighted by molar-refractivity contribution is -0.125. The molecule has 0 spiro atoms. The SMILES string of the molecule is Nc1cc(Cl)cc(Cl)c1NC(=O)CCN1CCNC(=O)C1. The Morgan fingerprint density at radius 1 is 1.43 bits per heavy atom. The third-order valence-electron chi connectivity index (χ3n) is 3.12. The Balaban J connectivity index is 1.89. The number of amides is 2. The lowest BCUT2D eigenvalue weighted by Crippen LogP contribution is -2.48. The maximum absolute atomic E-state index is 11.9. The Hall–Kier alpha value is -1.50. The smallest absolute Gasteiger partial charge is 0.234 e. The highest BCUT2D eigenvalue weighted by Gasteiger charge is 2.17. The maximum Gasteiger partial charge on any atom is 0.234 e. The fraction of sp³-hybridized carbons (Fsp3) is 0.385. The molecular weight excluding hydrogens is 315 g/mol. The van der Waals surface area contributed by atoms with E-state index in [-0.39, 0.29) is 18.2 Å². The van der Waals surface area contributed by atoms with Crippen LogP contribution in [0.1, 0.15) is 6.42 Å². The molecule has 0 radical (unpaired) electrons. The molecule has 0 aliphatic carbocycles. The number of nitrogens with zero attached hydrogens (tertiary/aromatic N) is 1. The van der Waals surface area contributed by atoms with E-state index >= 15 is 0 Å². The van der Waals surface area contributed by atoms with E-state index in [1.165, 1.54) is 12.1 Å². The number of halogens is 2. The standard InChI is InChI=1S/C13H16Cl2N4O2/c14-8-5-9(15)13(10(16)6-8)18-11(20)1-3-19-4-2-17-12(21)7-19/h5-6H,1-4,7,16H2,(H,17,21)(H,18,20). The van der Waals surface area contributed by atoms with Gasteiger partial charge >= 0.3 is 0 Å². The fourth-order valence-corrected chi connectivity index (χ4v) is 2.63. The summed E-state index contributed by atoms with van der Waals surface area (Å²) in [7, 11) is 0. The Bertz CT molecular complexity index is 542. The molecule has 0 saturated carbocycles. The third-order valence-corrected chi connectivity index (χ3v) is 3.64. The van der Waals surface area contributed by atoms with E-state index in [4.69, 9.17) is 28.9 Å². The molecule has 2 amide bonds. The minimum Gasteiger partial charge on any atom is -0.397 e. The summed E-state index contributed by atoms with van der Waals surface area (Å²) in [6.07, 6.45) is 0.256. The highest BCUT2D eigenvalue weighted by Crippen LogP contribution is 2.32. The average molecular weight is 331 g/mol. The minimum atomic E-state index is -0.211. The quantitative estimate of drug-likeness (QED) is 0.727. The van der Waals surface area contributed by atoms with Crippen molar-refractivity contribution in [3.8, 4) is 0 Å². The van der Waals surface area contributed by atoms with Crippen molar-refractivity contribution in [2.24, 2.45) is 0 Å². The summed E-state index contributed by atoms with van der Waals surface area (Å²) in [6.45, 7) is 2.17. The van der Waals surface area contributed by atoms with Crippen molar-refractivity contribution in [2.75, 3.05) is 37.2 Å². The number of nitrogens with two attached hydrogens (primary N) is 1. The highest BCUT2D eigenvalue weighted by molar-refractivity contribution is 6.37. The summed E-state index contributed by atoms with van der Waals surface area (Å²) in [5, 5.41) is 6.12. The molecule has 6 nitrogen and oxygen atoms in total. The van der Waals surface area contributed by atoms with E-state index in [0.29, 0.717) is 41.1 Å². The van der Waals surface area contributed by atoms with E-state index in [1.54, 1.807) is 0 Å². The summed E-state index contributed by atoms with van der Waals surface area (Å²) in [4.78, 5) is 25.1. The summed E-state index contributed by atoms with van der Waals surface area (Å²) in [5.74, 6) is -0.233. The first-order chi connectivity index (χ1) is 9.95. The molecule has 1 aliphatic heterocycles. The zero-order valence-corrected chi connectivity index (χ0v) is 12.8. The summed E-state index contributed by atoms with van der Waals surface area (Å²) >= 11 is 11.8. The van der Waals surface area contributed by atoms with Crippen LogP contribution in [0.4, 0.5) is 11.4 Å². The van der Waals surface area contributed by atoms with Gasteiger partial charge in [0.25, 0.3) is 0 Å². The van der Waals surface area contributed by atoms with Gasteiger partial charge in [-0.05, 0) is 12.1 Å². The maximum atomic E-state index is 11.9. The molecule has 2 rings (SSSR count). The van der Waals surface area contributed by atoms with E-state index < -0.39 is 0 Å². The number of piperazine rings is 1. The van der Waals surface area contributed by atoms with Crippen LogP contribution in [0.3, 0.4) is 0 Å². The second-order valence-corrected chi connectivity index (χ2v) is 5.62. The van der Waals surface area contributed by atoms with Gasteiger partial charge in [0, 0.05) is 31.1 Å². The normalized spacial score (nSPS) is 15.6. The molecule has 0 aromatic heterocycles. The molecular formula is C13H16Cl2N4O2. The van der Waals surface area contributed by atoms with Crippen LogP contribution in [0.2, 0.25) is 10.0 Å². The van der Waals surface area contributed by atoms with Gasteiger partial charge in [-0.3, -0.25) is 14.5 Å². The minimum absolute atomic E-state index is 0.0216. The molecule has 1 saturated heterocycles.